The predicted molar refractivity (Wildman–Crippen MR) is 117 cm³/mol. The molecule has 0 radical (unpaired) electrons. The Morgan fingerprint density at radius 3 is 1.13 bits per heavy atom. The maximum atomic E-state index is 10.9. The van der Waals surface area contributed by atoms with Gasteiger partial charge in [0.15, 0.2) is 0 Å². The van der Waals surface area contributed by atoms with Crippen LogP contribution in [0.2, 0.25) is 0 Å². The molecule has 0 aliphatic carbocycles. The maximum Gasteiger partial charge on any atom is 2.00 e. The Kier molecular flexibility index (Phi) is 9.75. The molecule has 0 aliphatic rings. The van der Waals surface area contributed by atoms with Crippen LogP contribution in [-0.4, -0.2) is 55.8 Å². The predicted octanol–water partition coefficient (Wildman–Crippen LogP) is 2.92. The van der Waals surface area contributed by atoms with Crippen molar-refractivity contribution in [3.8, 4) is 0 Å². The SMILES string of the molecule is C=O.O=S(=O)([O-])c1cccc2ccccc12.O=S(=O)([O-])c1cccc2ccccc12.[Mg+2]. The molecule has 0 heterocycles. The minimum Gasteiger partial charge on any atom is -0.744 e. The molecule has 0 saturated heterocycles. The second kappa shape index (κ2) is 11.3. The van der Waals surface area contributed by atoms with E-state index in [4.69, 9.17) is 4.79 Å². The summed E-state index contributed by atoms with van der Waals surface area (Å²) >= 11 is 0. The van der Waals surface area contributed by atoms with Crippen molar-refractivity contribution in [2.45, 2.75) is 9.79 Å². The number of hydrogen-bond donors (Lipinski definition) is 0. The largest absolute Gasteiger partial charge is 2.00 e. The zero-order chi connectivity index (χ0) is 22.4. The van der Waals surface area contributed by atoms with Gasteiger partial charge in [-0.2, -0.15) is 0 Å². The monoisotopic (exact) mass is 468 g/mol. The Morgan fingerprint density at radius 1 is 0.516 bits per heavy atom. The standard InChI is InChI=1S/2C10H8O3S.CH2O.Mg/c2*11-14(12,13)10-7-3-5-8-4-1-2-6-9(8)10;1-2;/h2*1-7H,(H,11,12,13);1H2;/q;;;+2/p-2. The van der Waals surface area contributed by atoms with Crippen LogP contribution in [0, 0.1) is 0 Å². The van der Waals surface area contributed by atoms with Gasteiger partial charge in [0.05, 0.1) is 9.79 Å². The van der Waals surface area contributed by atoms with Crippen molar-refractivity contribution in [1.82, 2.24) is 0 Å². The van der Waals surface area contributed by atoms with Crippen molar-refractivity contribution in [3.63, 3.8) is 0 Å². The van der Waals surface area contributed by atoms with Gasteiger partial charge >= 0.3 is 23.1 Å². The van der Waals surface area contributed by atoms with Gasteiger partial charge in [0.25, 0.3) is 0 Å². The molecular weight excluding hydrogens is 453 g/mol. The Bertz CT molecular complexity index is 1270. The molecule has 156 valence electrons. The molecule has 4 aromatic carbocycles. The fraction of sp³-hybridized carbons (Fsp3) is 0. The molecule has 0 saturated carbocycles. The van der Waals surface area contributed by atoms with E-state index < -0.39 is 20.2 Å². The van der Waals surface area contributed by atoms with Gasteiger partial charge in [-0.05, 0) is 33.7 Å². The van der Waals surface area contributed by atoms with Gasteiger partial charge in [-0.3, -0.25) is 0 Å². The Labute approximate surface area is 196 Å². The van der Waals surface area contributed by atoms with E-state index in [0.717, 1.165) is 10.8 Å². The number of carbonyl (C=O) groups is 1. The molecule has 0 unspecified atom stereocenters. The summed E-state index contributed by atoms with van der Waals surface area (Å²) in [6.45, 7) is 2.00. The van der Waals surface area contributed by atoms with E-state index in [0.29, 0.717) is 10.8 Å². The van der Waals surface area contributed by atoms with Crippen molar-refractivity contribution in [2.24, 2.45) is 0 Å². The summed E-state index contributed by atoms with van der Waals surface area (Å²) in [5, 5.41) is 2.46. The smallest absolute Gasteiger partial charge is 0.744 e. The maximum absolute atomic E-state index is 10.9. The molecule has 4 rings (SSSR count). The first-order chi connectivity index (χ1) is 14.2. The molecule has 31 heavy (non-hydrogen) atoms. The average molecular weight is 469 g/mol. The summed E-state index contributed by atoms with van der Waals surface area (Å²) in [6.07, 6.45) is 0. The van der Waals surface area contributed by atoms with Gasteiger partial charge in [-0.15, -0.1) is 0 Å². The molecule has 0 spiro atoms. The van der Waals surface area contributed by atoms with Crippen molar-refractivity contribution in [3.05, 3.63) is 84.9 Å². The van der Waals surface area contributed by atoms with Crippen molar-refractivity contribution >= 4 is 71.6 Å². The third-order valence-corrected chi connectivity index (χ3v) is 5.83. The number of fused-ring (bicyclic) bond motifs is 2. The van der Waals surface area contributed by atoms with Gasteiger partial charge in [0, 0.05) is 0 Å². The van der Waals surface area contributed by atoms with E-state index in [1.807, 2.05) is 6.79 Å². The summed E-state index contributed by atoms with van der Waals surface area (Å²) in [5.41, 5.74) is 0. The third-order valence-electron chi connectivity index (χ3n) is 4.04. The molecule has 0 N–H and O–H groups in total. The Morgan fingerprint density at radius 2 is 0.806 bits per heavy atom. The first-order valence-electron chi connectivity index (χ1n) is 8.34. The van der Waals surface area contributed by atoms with Crippen LogP contribution < -0.4 is 0 Å². The number of rotatable bonds is 2. The first-order valence-corrected chi connectivity index (χ1v) is 11.2. The molecule has 0 aromatic heterocycles. The van der Waals surface area contributed by atoms with E-state index in [-0.39, 0.29) is 32.8 Å². The van der Waals surface area contributed by atoms with Gasteiger partial charge in [-0.25, -0.2) is 16.8 Å². The summed E-state index contributed by atoms with van der Waals surface area (Å²) in [7, 11) is -8.76. The molecule has 0 fully saturated rings. The summed E-state index contributed by atoms with van der Waals surface area (Å²) < 4.78 is 65.3. The topological polar surface area (TPSA) is 131 Å². The third kappa shape index (κ3) is 6.82. The summed E-state index contributed by atoms with van der Waals surface area (Å²) in [4.78, 5) is 7.69. The van der Waals surface area contributed by atoms with E-state index in [2.05, 4.69) is 0 Å². The Hall–Kier alpha value is -2.34. The van der Waals surface area contributed by atoms with Gasteiger partial charge in [-0.1, -0.05) is 72.8 Å². The molecule has 0 aliphatic heterocycles. The molecule has 7 nitrogen and oxygen atoms in total. The number of carbonyl (C=O) groups excluding carboxylic acids is 1. The van der Waals surface area contributed by atoms with E-state index in [1.54, 1.807) is 72.8 Å². The quantitative estimate of drug-likeness (QED) is 0.326. The van der Waals surface area contributed by atoms with Crippen LogP contribution in [0.3, 0.4) is 0 Å². The molecule has 10 heteroatoms. The van der Waals surface area contributed by atoms with E-state index in [9.17, 15) is 25.9 Å². The molecule has 0 atom stereocenters. The van der Waals surface area contributed by atoms with Crippen LogP contribution in [0.4, 0.5) is 0 Å². The fourth-order valence-electron chi connectivity index (χ4n) is 2.83. The van der Waals surface area contributed by atoms with E-state index >= 15 is 0 Å². The van der Waals surface area contributed by atoms with Crippen LogP contribution in [0.15, 0.2) is 94.7 Å². The number of hydrogen-bond acceptors (Lipinski definition) is 7. The van der Waals surface area contributed by atoms with Crippen LogP contribution in [0.5, 0.6) is 0 Å². The van der Waals surface area contributed by atoms with Crippen molar-refractivity contribution < 1.29 is 30.7 Å². The van der Waals surface area contributed by atoms with Crippen LogP contribution in [0.25, 0.3) is 21.5 Å². The zero-order valence-corrected chi connectivity index (χ0v) is 19.2. The Balaban J connectivity index is 0.000000279. The molecule has 4 aromatic rings. The second-order valence-corrected chi connectivity index (χ2v) is 8.56. The van der Waals surface area contributed by atoms with Gasteiger partial charge in [0.1, 0.15) is 27.0 Å². The van der Waals surface area contributed by atoms with Crippen LogP contribution >= 0.6 is 0 Å². The van der Waals surface area contributed by atoms with E-state index in [1.165, 1.54) is 12.1 Å². The van der Waals surface area contributed by atoms with Gasteiger partial charge in [0.2, 0.25) is 0 Å². The molecular formula is C21H16MgO7S2. The second-order valence-electron chi connectivity index (χ2n) is 5.86. The minimum absolute atomic E-state index is 0. The van der Waals surface area contributed by atoms with Gasteiger partial charge < -0.3 is 13.9 Å². The van der Waals surface area contributed by atoms with Crippen molar-refractivity contribution in [1.29, 1.82) is 0 Å². The van der Waals surface area contributed by atoms with Crippen LogP contribution in [0.1, 0.15) is 0 Å². The van der Waals surface area contributed by atoms with Crippen LogP contribution in [-0.2, 0) is 25.0 Å². The normalized spacial score (nSPS) is 10.8. The fourth-order valence-corrected chi connectivity index (χ4v) is 4.23. The first kappa shape index (κ1) is 26.7. The minimum atomic E-state index is -4.38. The number of benzene rings is 4. The zero-order valence-electron chi connectivity index (χ0n) is 16.2. The summed E-state index contributed by atoms with van der Waals surface area (Å²) in [5.74, 6) is 0. The molecule has 0 bridgehead atoms. The average Bonchev–Trinajstić information content (AvgIpc) is 2.73. The van der Waals surface area contributed by atoms with Crippen molar-refractivity contribution in [2.75, 3.05) is 0 Å². The molecule has 0 amide bonds. The summed E-state index contributed by atoms with van der Waals surface area (Å²) in [6, 6.07) is 23.1.